The lowest BCUT2D eigenvalue weighted by Crippen LogP contribution is -2.24. The summed E-state index contributed by atoms with van der Waals surface area (Å²) >= 11 is 0. The molecule has 0 saturated carbocycles. The van der Waals surface area contributed by atoms with Crippen LogP contribution in [-0.4, -0.2) is 21.3 Å². The molecule has 0 fully saturated rings. The molecule has 5 heteroatoms. The third-order valence-electron chi connectivity index (χ3n) is 5.42. The highest BCUT2D eigenvalue weighted by Gasteiger charge is 2.13. The van der Waals surface area contributed by atoms with E-state index in [0.29, 0.717) is 6.04 Å². The van der Waals surface area contributed by atoms with Crippen molar-refractivity contribution in [3.63, 3.8) is 0 Å². The first kappa shape index (κ1) is 21.8. The van der Waals surface area contributed by atoms with Crippen LogP contribution in [0.1, 0.15) is 37.2 Å². The van der Waals surface area contributed by atoms with E-state index in [4.69, 9.17) is 9.72 Å². The molecule has 1 aromatic heterocycles. The number of para-hydroxylation sites is 1. The number of aromatic nitrogens is 3. The number of rotatable bonds is 10. The summed E-state index contributed by atoms with van der Waals surface area (Å²) in [5.74, 6) is 3.46. The summed E-state index contributed by atoms with van der Waals surface area (Å²) in [6, 6.07) is 28.7. The summed E-state index contributed by atoms with van der Waals surface area (Å²) in [4.78, 5) is 4.74. The number of nitrogens with zero attached hydrogens (tertiary/aromatic N) is 3. The van der Waals surface area contributed by atoms with Crippen molar-refractivity contribution >= 4 is 0 Å². The maximum absolute atomic E-state index is 5.92. The van der Waals surface area contributed by atoms with E-state index in [1.54, 1.807) is 0 Å². The van der Waals surface area contributed by atoms with Crippen molar-refractivity contribution in [3.8, 4) is 22.9 Å². The van der Waals surface area contributed by atoms with Crippen LogP contribution >= 0.6 is 0 Å². The molecule has 1 atom stereocenters. The highest BCUT2D eigenvalue weighted by Crippen LogP contribution is 2.25. The molecule has 0 aliphatic heterocycles. The molecule has 1 unspecified atom stereocenters. The van der Waals surface area contributed by atoms with Gasteiger partial charge in [-0.3, -0.25) is 0 Å². The Labute approximate surface area is 190 Å². The Morgan fingerprint density at radius 2 is 1.53 bits per heavy atom. The monoisotopic (exact) mass is 426 g/mol. The van der Waals surface area contributed by atoms with Gasteiger partial charge in [-0.15, -0.1) is 0 Å². The van der Waals surface area contributed by atoms with E-state index < -0.39 is 0 Å². The van der Waals surface area contributed by atoms with Crippen LogP contribution in [0, 0.1) is 0 Å². The molecule has 1 N–H and O–H groups in total. The Kier molecular flexibility index (Phi) is 7.31. The number of benzene rings is 3. The molecule has 3 aromatic carbocycles. The number of hydrogen-bond donors (Lipinski definition) is 1. The first-order valence-electron chi connectivity index (χ1n) is 11.2. The van der Waals surface area contributed by atoms with Gasteiger partial charge in [0.15, 0.2) is 11.6 Å². The fourth-order valence-corrected chi connectivity index (χ4v) is 3.81. The van der Waals surface area contributed by atoms with Gasteiger partial charge in [-0.25, -0.2) is 9.67 Å². The van der Waals surface area contributed by atoms with Crippen LogP contribution in [0.4, 0.5) is 0 Å². The SMILES string of the molecule is CCCC(NCCc1nc(-c2ccccc2)n(C)n1)c1ccc(Oc2ccccc2)cc1. The Morgan fingerprint density at radius 3 is 2.22 bits per heavy atom. The van der Waals surface area contributed by atoms with Gasteiger partial charge in [0, 0.05) is 31.6 Å². The second kappa shape index (κ2) is 10.7. The molecule has 0 amide bonds. The van der Waals surface area contributed by atoms with Crippen molar-refractivity contribution in [1.29, 1.82) is 0 Å². The Hall–Kier alpha value is -3.44. The van der Waals surface area contributed by atoms with Crippen LogP contribution in [0.3, 0.4) is 0 Å². The summed E-state index contributed by atoms with van der Waals surface area (Å²) in [5, 5.41) is 8.30. The summed E-state index contributed by atoms with van der Waals surface area (Å²) in [6.45, 7) is 3.04. The van der Waals surface area contributed by atoms with Crippen molar-refractivity contribution in [2.45, 2.75) is 32.2 Å². The molecule has 4 aromatic rings. The van der Waals surface area contributed by atoms with Gasteiger partial charge in [-0.05, 0) is 36.2 Å². The van der Waals surface area contributed by atoms with Gasteiger partial charge in [-0.2, -0.15) is 5.10 Å². The van der Waals surface area contributed by atoms with Crippen molar-refractivity contribution in [1.82, 2.24) is 20.1 Å². The lowest BCUT2D eigenvalue weighted by Gasteiger charge is -2.19. The molecule has 5 nitrogen and oxygen atoms in total. The predicted molar refractivity (Wildman–Crippen MR) is 129 cm³/mol. The van der Waals surface area contributed by atoms with Gasteiger partial charge in [0.05, 0.1) is 0 Å². The van der Waals surface area contributed by atoms with Gasteiger partial charge in [0.1, 0.15) is 11.5 Å². The van der Waals surface area contributed by atoms with Crippen LogP contribution in [0.15, 0.2) is 84.9 Å². The molecule has 0 aliphatic carbocycles. The van der Waals surface area contributed by atoms with Gasteiger partial charge >= 0.3 is 0 Å². The van der Waals surface area contributed by atoms with Crippen LogP contribution in [0.25, 0.3) is 11.4 Å². The molecule has 0 spiro atoms. The number of aryl methyl sites for hydroxylation is 1. The third-order valence-corrected chi connectivity index (χ3v) is 5.42. The number of ether oxygens (including phenoxy) is 1. The fraction of sp³-hybridized carbons (Fsp3) is 0.259. The van der Waals surface area contributed by atoms with E-state index in [0.717, 1.165) is 54.5 Å². The molecule has 164 valence electrons. The second-order valence-corrected chi connectivity index (χ2v) is 7.87. The van der Waals surface area contributed by atoms with Gasteiger partial charge < -0.3 is 10.1 Å². The molecule has 4 rings (SSSR count). The largest absolute Gasteiger partial charge is 0.457 e. The topological polar surface area (TPSA) is 52.0 Å². The minimum Gasteiger partial charge on any atom is -0.457 e. The van der Waals surface area contributed by atoms with E-state index >= 15 is 0 Å². The molecule has 0 aliphatic rings. The van der Waals surface area contributed by atoms with Crippen LogP contribution in [0.2, 0.25) is 0 Å². The summed E-state index contributed by atoms with van der Waals surface area (Å²) in [6.07, 6.45) is 2.97. The van der Waals surface area contributed by atoms with Crippen LogP contribution < -0.4 is 10.1 Å². The van der Waals surface area contributed by atoms with Gasteiger partial charge in [0.25, 0.3) is 0 Å². The minimum atomic E-state index is 0.295. The summed E-state index contributed by atoms with van der Waals surface area (Å²) in [5.41, 5.74) is 2.36. The predicted octanol–water partition coefficient (Wildman–Crippen LogP) is 5.95. The van der Waals surface area contributed by atoms with Crippen molar-refractivity contribution in [2.75, 3.05) is 6.54 Å². The first-order chi connectivity index (χ1) is 15.7. The average molecular weight is 427 g/mol. The fourth-order valence-electron chi connectivity index (χ4n) is 3.81. The maximum atomic E-state index is 5.92. The van der Waals surface area contributed by atoms with E-state index in [2.05, 4.69) is 41.6 Å². The molecule has 0 radical (unpaired) electrons. The lowest BCUT2D eigenvalue weighted by atomic mass is 10.0. The molecule has 1 heterocycles. The number of nitrogens with one attached hydrogen (secondary N) is 1. The molecule has 32 heavy (non-hydrogen) atoms. The maximum Gasteiger partial charge on any atom is 0.158 e. The zero-order valence-electron chi connectivity index (χ0n) is 18.7. The van der Waals surface area contributed by atoms with Crippen molar-refractivity contribution in [2.24, 2.45) is 7.05 Å². The van der Waals surface area contributed by atoms with E-state index in [1.165, 1.54) is 5.56 Å². The summed E-state index contributed by atoms with van der Waals surface area (Å²) in [7, 11) is 1.95. The van der Waals surface area contributed by atoms with Crippen molar-refractivity contribution < 1.29 is 4.74 Å². The Bertz CT molecular complexity index is 1090. The zero-order valence-corrected chi connectivity index (χ0v) is 18.7. The molecular weight excluding hydrogens is 396 g/mol. The lowest BCUT2D eigenvalue weighted by molar-refractivity contribution is 0.477. The quantitative estimate of drug-likeness (QED) is 0.341. The normalized spacial score (nSPS) is 11.9. The van der Waals surface area contributed by atoms with E-state index in [1.807, 2.05) is 72.4 Å². The smallest absolute Gasteiger partial charge is 0.158 e. The molecular formula is C27H30N4O. The Balaban J connectivity index is 1.36. The Morgan fingerprint density at radius 1 is 0.875 bits per heavy atom. The van der Waals surface area contributed by atoms with Gasteiger partial charge in [0.2, 0.25) is 0 Å². The second-order valence-electron chi connectivity index (χ2n) is 7.87. The highest BCUT2D eigenvalue weighted by molar-refractivity contribution is 5.54. The summed E-state index contributed by atoms with van der Waals surface area (Å²) < 4.78 is 7.78. The standard InChI is InChI=1S/C27H30N4O/c1-3-10-25(21-15-17-24(18-16-21)32-23-13-8-5-9-14-23)28-20-19-26-29-27(31(2)30-26)22-11-6-4-7-12-22/h4-9,11-18,25,28H,3,10,19-20H2,1-2H3. The van der Waals surface area contributed by atoms with Crippen molar-refractivity contribution in [3.05, 3.63) is 96.3 Å². The van der Waals surface area contributed by atoms with E-state index in [9.17, 15) is 0 Å². The first-order valence-corrected chi connectivity index (χ1v) is 11.2. The van der Waals surface area contributed by atoms with Gasteiger partial charge in [-0.1, -0.05) is 74.0 Å². The van der Waals surface area contributed by atoms with Crippen LogP contribution in [-0.2, 0) is 13.5 Å². The highest BCUT2D eigenvalue weighted by atomic mass is 16.5. The zero-order chi connectivity index (χ0) is 22.2. The van der Waals surface area contributed by atoms with Crippen LogP contribution in [0.5, 0.6) is 11.5 Å². The minimum absolute atomic E-state index is 0.295. The molecule has 0 saturated heterocycles. The number of hydrogen-bond acceptors (Lipinski definition) is 4. The third kappa shape index (κ3) is 5.62. The molecule has 0 bridgehead atoms. The average Bonchev–Trinajstić information content (AvgIpc) is 3.20. The van der Waals surface area contributed by atoms with E-state index in [-0.39, 0.29) is 0 Å².